The molecule has 0 radical (unpaired) electrons. The van der Waals surface area contributed by atoms with E-state index in [0.29, 0.717) is 58.5 Å². The van der Waals surface area contributed by atoms with E-state index in [-0.39, 0.29) is 0 Å². The van der Waals surface area contributed by atoms with Gasteiger partial charge in [-0.25, -0.2) is 14.4 Å². The van der Waals surface area contributed by atoms with Gasteiger partial charge in [0.1, 0.15) is 35.0 Å². The van der Waals surface area contributed by atoms with E-state index in [1.165, 1.54) is 12.1 Å². The highest BCUT2D eigenvalue weighted by molar-refractivity contribution is 5.95. The normalized spacial score (nSPS) is 11.5. The molecule has 0 fully saturated rings. The third kappa shape index (κ3) is 4.87. The van der Waals surface area contributed by atoms with Crippen molar-refractivity contribution in [2.24, 2.45) is 0 Å². The summed E-state index contributed by atoms with van der Waals surface area (Å²) < 4.78 is 25.6. The van der Waals surface area contributed by atoms with Crippen LogP contribution in [0, 0.1) is 5.82 Å². The molecule has 0 bridgehead atoms. The number of pyridine rings is 3. The molecule has 11 heteroatoms. The summed E-state index contributed by atoms with van der Waals surface area (Å²) in [6.07, 6.45) is 5.03. The van der Waals surface area contributed by atoms with Crippen LogP contribution in [-0.2, 0) is 0 Å². The third-order valence-corrected chi connectivity index (χ3v) is 6.23. The molecule has 1 aromatic carbocycles. The van der Waals surface area contributed by atoms with Crippen molar-refractivity contribution in [1.82, 2.24) is 40.0 Å². The Balaban J connectivity index is 1.40. The van der Waals surface area contributed by atoms with Gasteiger partial charge in [-0.1, -0.05) is 0 Å². The highest BCUT2D eigenvalue weighted by Gasteiger charge is 2.18. The quantitative estimate of drug-likeness (QED) is 0.294. The molecule has 0 aliphatic rings. The van der Waals surface area contributed by atoms with Gasteiger partial charge in [0.25, 0.3) is 0 Å². The summed E-state index contributed by atoms with van der Waals surface area (Å²) >= 11 is 0. The number of aromatic amines is 2. The minimum atomic E-state index is -0.413. The molecule has 0 atom stereocenters. The Morgan fingerprint density at radius 2 is 1.74 bits per heavy atom. The highest BCUT2D eigenvalue weighted by Crippen LogP contribution is 2.32. The SMILES string of the molecule is COc1cncc(-c2ccc3[nH]nc(-c4nc5c(-c6cc(F)cc(OCCN(C)C)c6)nccc5[nH]4)c3n2)c1. The smallest absolute Gasteiger partial charge is 0.161 e. The van der Waals surface area contributed by atoms with Crippen molar-refractivity contribution in [2.45, 2.75) is 0 Å². The van der Waals surface area contributed by atoms with Crippen LogP contribution in [0.1, 0.15) is 0 Å². The average Bonchev–Trinajstić information content (AvgIpc) is 3.56. The number of aromatic nitrogens is 7. The molecule has 6 rings (SSSR count). The van der Waals surface area contributed by atoms with Crippen molar-refractivity contribution in [3.05, 3.63) is 66.9 Å². The first-order valence-corrected chi connectivity index (χ1v) is 12.3. The Bertz CT molecular complexity index is 1800. The first kappa shape index (κ1) is 24.4. The fraction of sp³-hybridized carbons (Fsp3) is 0.179. The van der Waals surface area contributed by atoms with Crippen LogP contribution in [0.3, 0.4) is 0 Å². The van der Waals surface area contributed by atoms with E-state index in [0.717, 1.165) is 22.3 Å². The predicted octanol–water partition coefficient (Wildman–Crippen LogP) is 4.71. The number of fused-ring (bicyclic) bond motifs is 2. The topological polar surface area (TPSA) is 118 Å². The van der Waals surface area contributed by atoms with Gasteiger partial charge < -0.3 is 19.4 Å². The van der Waals surface area contributed by atoms with E-state index in [9.17, 15) is 4.39 Å². The molecule has 39 heavy (non-hydrogen) atoms. The lowest BCUT2D eigenvalue weighted by Crippen LogP contribution is -2.19. The van der Waals surface area contributed by atoms with Crippen molar-refractivity contribution in [2.75, 3.05) is 34.4 Å². The molecule has 6 aromatic rings. The molecule has 0 unspecified atom stereocenters. The van der Waals surface area contributed by atoms with Crippen molar-refractivity contribution < 1.29 is 13.9 Å². The minimum Gasteiger partial charge on any atom is -0.495 e. The fourth-order valence-corrected chi connectivity index (χ4v) is 4.28. The van der Waals surface area contributed by atoms with Gasteiger partial charge in [-0.3, -0.25) is 15.1 Å². The maximum atomic E-state index is 14.5. The summed E-state index contributed by atoms with van der Waals surface area (Å²) in [5.41, 5.74) is 5.90. The van der Waals surface area contributed by atoms with Gasteiger partial charge in [-0.2, -0.15) is 5.10 Å². The van der Waals surface area contributed by atoms with Crippen LogP contribution < -0.4 is 9.47 Å². The summed E-state index contributed by atoms with van der Waals surface area (Å²) in [7, 11) is 5.50. The summed E-state index contributed by atoms with van der Waals surface area (Å²) in [4.78, 5) is 23.7. The van der Waals surface area contributed by atoms with Crippen molar-refractivity contribution >= 4 is 22.1 Å². The second-order valence-corrected chi connectivity index (χ2v) is 9.25. The van der Waals surface area contributed by atoms with Crippen LogP contribution in [-0.4, -0.2) is 74.4 Å². The molecule has 0 spiro atoms. The molecule has 5 heterocycles. The summed E-state index contributed by atoms with van der Waals surface area (Å²) in [5, 5.41) is 7.50. The zero-order chi connectivity index (χ0) is 26.9. The average molecular weight is 525 g/mol. The number of hydrogen-bond acceptors (Lipinski definition) is 8. The summed E-state index contributed by atoms with van der Waals surface area (Å²) in [6, 6.07) is 12.1. The van der Waals surface area contributed by atoms with E-state index in [1.807, 2.05) is 43.3 Å². The maximum absolute atomic E-state index is 14.5. The lowest BCUT2D eigenvalue weighted by molar-refractivity contribution is 0.260. The molecule has 196 valence electrons. The number of imidazole rings is 1. The predicted molar refractivity (Wildman–Crippen MR) is 146 cm³/mol. The Morgan fingerprint density at radius 1 is 0.897 bits per heavy atom. The van der Waals surface area contributed by atoms with E-state index < -0.39 is 5.82 Å². The monoisotopic (exact) mass is 524 g/mol. The molecular formula is C28H25FN8O2. The molecular weight excluding hydrogens is 499 g/mol. The zero-order valence-corrected chi connectivity index (χ0v) is 21.6. The molecule has 0 amide bonds. The second kappa shape index (κ2) is 10.1. The minimum absolute atomic E-state index is 0.413. The first-order chi connectivity index (χ1) is 19.0. The standard InChI is InChI=1S/C28H25FN8O2/c1-37(2)8-9-39-19-11-16(10-18(29)13-19)24-25-22(6-7-31-24)33-28(34-25)27-26-23(35-36-27)5-4-21(32-26)17-12-20(38-3)15-30-14-17/h4-7,10-15H,8-9H2,1-3H3,(H,33,34)(H,35,36). The van der Waals surface area contributed by atoms with Crippen molar-refractivity contribution in [3.8, 4) is 45.5 Å². The van der Waals surface area contributed by atoms with Crippen LogP contribution in [0.4, 0.5) is 4.39 Å². The number of methoxy groups -OCH3 is 1. The van der Waals surface area contributed by atoms with Gasteiger partial charge >= 0.3 is 0 Å². The fourth-order valence-electron chi connectivity index (χ4n) is 4.28. The van der Waals surface area contributed by atoms with Gasteiger partial charge in [-0.05, 0) is 50.5 Å². The van der Waals surface area contributed by atoms with E-state index in [4.69, 9.17) is 19.4 Å². The summed E-state index contributed by atoms with van der Waals surface area (Å²) in [6.45, 7) is 1.15. The van der Waals surface area contributed by atoms with Gasteiger partial charge in [0.05, 0.1) is 35.7 Å². The van der Waals surface area contributed by atoms with Crippen LogP contribution in [0.25, 0.3) is 56.1 Å². The molecule has 5 aromatic heterocycles. The molecule has 2 N–H and O–H groups in total. The van der Waals surface area contributed by atoms with Gasteiger partial charge in [0, 0.05) is 36.1 Å². The number of benzene rings is 1. The Kier molecular flexibility index (Phi) is 6.33. The number of nitrogens with one attached hydrogen (secondary N) is 2. The number of hydrogen-bond donors (Lipinski definition) is 2. The van der Waals surface area contributed by atoms with Crippen LogP contribution in [0.15, 0.2) is 61.1 Å². The number of ether oxygens (including phenoxy) is 2. The van der Waals surface area contributed by atoms with E-state index >= 15 is 0 Å². The largest absolute Gasteiger partial charge is 0.495 e. The van der Waals surface area contributed by atoms with E-state index in [1.54, 1.807) is 31.8 Å². The molecule has 10 nitrogen and oxygen atoms in total. The van der Waals surface area contributed by atoms with Crippen molar-refractivity contribution in [3.63, 3.8) is 0 Å². The molecule has 0 aliphatic carbocycles. The number of H-pyrrole nitrogens is 2. The Morgan fingerprint density at radius 3 is 2.59 bits per heavy atom. The van der Waals surface area contributed by atoms with Crippen molar-refractivity contribution in [1.29, 1.82) is 0 Å². The lowest BCUT2D eigenvalue weighted by Gasteiger charge is -2.12. The maximum Gasteiger partial charge on any atom is 0.161 e. The Hall–Kier alpha value is -4.90. The number of halogens is 1. The third-order valence-electron chi connectivity index (χ3n) is 6.23. The molecule has 0 saturated heterocycles. The van der Waals surface area contributed by atoms with Gasteiger partial charge in [0.15, 0.2) is 11.5 Å². The lowest BCUT2D eigenvalue weighted by atomic mass is 10.1. The number of nitrogens with zero attached hydrogens (tertiary/aromatic N) is 6. The van der Waals surface area contributed by atoms with Crippen LogP contribution in [0.2, 0.25) is 0 Å². The van der Waals surface area contributed by atoms with Crippen LogP contribution >= 0.6 is 0 Å². The Labute approximate surface area is 222 Å². The van der Waals surface area contributed by atoms with Crippen LogP contribution in [0.5, 0.6) is 11.5 Å². The number of likely N-dealkylation sites (N-methyl/N-ethyl adjacent to an activating group) is 1. The highest BCUT2D eigenvalue weighted by atomic mass is 19.1. The second-order valence-electron chi connectivity index (χ2n) is 9.25. The van der Waals surface area contributed by atoms with E-state index in [2.05, 4.69) is 25.1 Å². The molecule has 0 saturated carbocycles. The van der Waals surface area contributed by atoms with Gasteiger partial charge in [0.2, 0.25) is 0 Å². The number of rotatable bonds is 8. The molecule has 0 aliphatic heterocycles. The van der Waals surface area contributed by atoms with Gasteiger partial charge in [-0.15, -0.1) is 0 Å². The summed E-state index contributed by atoms with van der Waals surface area (Å²) in [5.74, 6) is 1.17. The first-order valence-electron chi connectivity index (χ1n) is 12.3. The zero-order valence-electron chi connectivity index (χ0n) is 21.6.